The Balaban J connectivity index is 0.00000220. The van der Waals surface area contributed by atoms with Crippen LogP contribution in [-0.2, 0) is 4.79 Å². The minimum absolute atomic E-state index is 0. The molecule has 4 nitrogen and oxygen atoms in total. The van der Waals surface area contributed by atoms with E-state index in [0.29, 0.717) is 24.0 Å². The van der Waals surface area contributed by atoms with E-state index in [-0.39, 0.29) is 18.3 Å². The Morgan fingerprint density at radius 3 is 2.90 bits per heavy atom. The first kappa shape index (κ1) is 17.8. The van der Waals surface area contributed by atoms with Crippen LogP contribution < -0.4 is 15.4 Å². The van der Waals surface area contributed by atoms with Crippen molar-refractivity contribution in [2.45, 2.75) is 26.2 Å². The number of carbonyl (C=O) groups excluding carboxylic acids is 1. The number of hydrogen-bond acceptors (Lipinski definition) is 3. The molecule has 2 rings (SSSR count). The number of nitrogens with one attached hydrogen (secondary N) is 2. The molecule has 1 amide bonds. The molecule has 1 aromatic carbocycles. The smallest absolute Gasteiger partial charge is 0.224 e. The van der Waals surface area contributed by atoms with Gasteiger partial charge < -0.3 is 15.4 Å². The van der Waals surface area contributed by atoms with Crippen molar-refractivity contribution in [3.8, 4) is 5.75 Å². The Morgan fingerprint density at radius 2 is 2.24 bits per heavy atom. The third-order valence-electron chi connectivity index (χ3n) is 4.03. The zero-order chi connectivity index (χ0) is 14.4. The van der Waals surface area contributed by atoms with Crippen LogP contribution in [0.2, 0.25) is 0 Å². The molecule has 2 N–H and O–H groups in total. The number of piperidine rings is 1. The van der Waals surface area contributed by atoms with Gasteiger partial charge in [0.1, 0.15) is 5.75 Å². The number of rotatable bonds is 5. The molecular weight excluding hydrogens is 288 g/mol. The van der Waals surface area contributed by atoms with Crippen molar-refractivity contribution in [2.75, 3.05) is 25.5 Å². The first-order chi connectivity index (χ1) is 9.70. The van der Waals surface area contributed by atoms with Crippen LogP contribution in [0.3, 0.4) is 0 Å². The molecule has 1 aliphatic heterocycles. The van der Waals surface area contributed by atoms with E-state index in [4.69, 9.17) is 4.74 Å². The van der Waals surface area contributed by atoms with Gasteiger partial charge in [-0.2, -0.15) is 0 Å². The van der Waals surface area contributed by atoms with Crippen molar-refractivity contribution in [3.05, 3.63) is 24.3 Å². The quantitative estimate of drug-likeness (QED) is 0.878. The molecule has 0 bridgehead atoms. The lowest BCUT2D eigenvalue weighted by Crippen LogP contribution is -2.34. The molecule has 0 radical (unpaired) electrons. The van der Waals surface area contributed by atoms with Crippen LogP contribution in [0.25, 0.3) is 0 Å². The fourth-order valence-corrected chi connectivity index (χ4v) is 2.77. The Hall–Kier alpha value is -1.26. The summed E-state index contributed by atoms with van der Waals surface area (Å²) in [6, 6.07) is 7.51. The van der Waals surface area contributed by atoms with Crippen LogP contribution >= 0.6 is 12.4 Å². The third-order valence-corrected chi connectivity index (χ3v) is 4.03. The van der Waals surface area contributed by atoms with Gasteiger partial charge in [-0.3, -0.25) is 4.79 Å². The van der Waals surface area contributed by atoms with Gasteiger partial charge in [0.2, 0.25) is 5.91 Å². The number of hydrogen-bond donors (Lipinski definition) is 2. The molecule has 1 heterocycles. The molecule has 2 atom stereocenters. The average molecular weight is 313 g/mol. The second-order valence-corrected chi connectivity index (χ2v) is 5.54. The molecule has 0 aliphatic carbocycles. The monoisotopic (exact) mass is 312 g/mol. The van der Waals surface area contributed by atoms with Gasteiger partial charge in [-0.25, -0.2) is 0 Å². The molecule has 1 aromatic rings. The van der Waals surface area contributed by atoms with Gasteiger partial charge in [0.05, 0.1) is 12.8 Å². The van der Waals surface area contributed by atoms with E-state index in [1.807, 2.05) is 24.3 Å². The summed E-state index contributed by atoms with van der Waals surface area (Å²) in [5.74, 6) is 1.77. The molecule has 1 fully saturated rings. The largest absolute Gasteiger partial charge is 0.495 e. The van der Waals surface area contributed by atoms with Crippen molar-refractivity contribution in [1.29, 1.82) is 0 Å². The highest BCUT2D eigenvalue weighted by Gasteiger charge is 2.22. The number of amides is 1. The summed E-state index contributed by atoms with van der Waals surface area (Å²) in [4.78, 5) is 12.1. The molecule has 118 valence electrons. The fourth-order valence-electron chi connectivity index (χ4n) is 2.77. The van der Waals surface area contributed by atoms with E-state index in [1.54, 1.807) is 7.11 Å². The van der Waals surface area contributed by atoms with E-state index in [9.17, 15) is 4.79 Å². The summed E-state index contributed by atoms with van der Waals surface area (Å²) in [6.07, 6.45) is 2.99. The third kappa shape index (κ3) is 5.21. The zero-order valence-corrected chi connectivity index (χ0v) is 13.5. The maximum atomic E-state index is 12.1. The second kappa shape index (κ2) is 8.90. The number of halogens is 1. The molecule has 2 unspecified atom stereocenters. The van der Waals surface area contributed by atoms with E-state index in [0.717, 1.165) is 18.8 Å². The Bertz CT molecular complexity index is 448. The minimum atomic E-state index is 0. The van der Waals surface area contributed by atoms with E-state index >= 15 is 0 Å². The minimum Gasteiger partial charge on any atom is -0.495 e. The SMILES string of the molecule is COc1ccccc1NC(=O)CC(C)C1CCCNC1.Cl. The van der Waals surface area contributed by atoms with Crippen molar-refractivity contribution in [2.24, 2.45) is 11.8 Å². The van der Waals surface area contributed by atoms with E-state index < -0.39 is 0 Å². The van der Waals surface area contributed by atoms with E-state index in [1.165, 1.54) is 12.8 Å². The summed E-state index contributed by atoms with van der Waals surface area (Å²) >= 11 is 0. The topological polar surface area (TPSA) is 50.4 Å². The lowest BCUT2D eigenvalue weighted by molar-refractivity contribution is -0.117. The molecule has 1 saturated heterocycles. The summed E-state index contributed by atoms with van der Waals surface area (Å²) in [7, 11) is 1.61. The Morgan fingerprint density at radius 1 is 1.48 bits per heavy atom. The number of ether oxygens (including phenoxy) is 1. The van der Waals surface area contributed by atoms with Gasteiger partial charge in [0.25, 0.3) is 0 Å². The predicted octanol–water partition coefficient (Wildman–Crippen LogP) is 3.08. The summed E-state index contributed by atoms with van der Waals surface area (Å²) < 4.78 is 5.24. The first-order valence-corrected chi connectivity index (χ1v) is 7.34. The highest BCUT2D eigenvalue weighted by atomic mass is 35.5. The maximum Gasteiger partial charge on any atom is 0.224 e. The van der Waals surface area contributed by atoms with Crippen molar-refractivity contribution < 1.29 is 9.53 Å². The van der Waals surface area contributed by atoms with Gasteiger partial charge in [-0.15, -0.1) is 12.4 Å². The fraction of sp³-hybridized carbons (Fsp3) is 0.562. The number of benzene rings is 1. The predicted molar refractivity (Wildman–Crippen MR) is 88.2 cm³/mol. The molecular formula is C16H25ClN2O2. The Kier molecular flexibility index (Phi) is 7.54. The van der Waals surface area contributed by atoms with Crippen molar-refractivity contribution >= 4 is 24.0 Å². The van der Waals surface area contributed by atoms with Gasteiger partial charge in [0.15, 0.2) is 0 Å². The van der Waals surface area contributed by atoms with Crippen LogP contribution in [-0.4, -0.2) is 26.1 Å². The Labute approximate surface area is 133 Å². The van der Waals surface area contributed by atoms with Gasteiger partial charge >= 0.3 is 0 Å². The van der Waals surface area contributed by atoms with Crippen LogP contribution in [0.5, 0.6) is 5.75 Å². The summed E-state index contributed by atoms with van der Waals surface area (Å²) in [5, 5.41) is 6.35. The first-order valence-electron chi connectivity index (χ1n) is 7.34. The van der Waals surface area contributed by atoms with E-state index in [2.05, 4.69) is 17.6 Å². The van der Waals surface area contributed by atoms with Crippen LogP contribution in [0, 0.1) is 11.8 Å². The molecule has 0 aromatic heterocycles. The molecule has 5 heteroatoms. The normalized spacial score (nSPS) is 19.2. The highest BCUT2D eigenvalue weighted by molar-refractivity contribution is 5.92. The lowest BCUT2D eigenvalue weighted by atomic mass is 9.85. The molecule has 0 saturated carbocycles. The standard InChI is InChI=1S/C16H24N2O2.ClH/c1-12(13-6-5-9-17-11-13)10-16(19)18-14-7-3-4-8-15(14)20-2;/h3-4,7-8,12-13,17H,5-6,9-11H2,1-2H3,(H,18,19);1H. The second-order valence-electron chi connectivity index (χ2n) is 5.54. The number of carbonyl (C=O) groups is 1. The van der Waals surface area contributed by atoms with Gasteiger partial charge in [0, 0.05) is 6.42 Å². The summed E-state index contributed by atoms with van der Waals surface area (Å²) in [5.41, 5.74) is 0.744. The van der Waals surface area contributed by atoms with Crippen LogP contribution in [0.4, 0.5) is 5.69 Å². The van der Waals surface area contributed by atoms with Crippen molar-refractivity contribution in [3.63, 3.8) is 0 Å². The van der Waals surface area contributed by atoms with Gasteiger partial charge in [-0.1, -0.05) is 19.1 Å². The average Bonchev–Trinajstić information content (AvgIpc) is 2.48. The number of para-hydroxylation sites is 2. The maximum absolute atomic E-state index is 12.1. The molecule has 1 aliphatic rings. The van der Waals surface area contributed by atoms with Crippen molar-refractivity contribution in [1.82, 2.24) is 5.32 Å². The number of methoxy groups -OCH3 is 1. The van der Waals surface area contributed by atoms with Crippen LogP contribution in [0.1, 0.15) is 26.2 Å². The molecule has 0 spiro atoms. The zero-order valence-electron chi connectivity index (χ0n) is 12.7. The van der Waals surface area contributed by atoms with Crippen LogP contribution in [0.15, 0.2) is 24.3 Å². The van der Waals surface area contributed by atoms with Gasteiger partial charge in [-0.05, 0) is 49.9 Å². The highest BCUT2D eigenvalue weighted by Crippen LogP contribution is 2.26. The molecule has 21 heavy (non-hydrogen) atoms. The summed E-state index contributed by atoms with van der Waals surface area (Å²) in [6.45, 7) is 4.30. The lowest BCUT2D eigenvalue weighted by Gasteiger charge is -2.28. The number of anilines is 1.